The van der Waals surface area contributed by atoms with Crippen molar-refractivity contribution < 1.29 is 9.59 Å². The summed E-state index contributed by atoms with van der Waals surface area (Å²) in [5.74, 6) is 4.17. The number of nitrogens with zero attached hydrogens (tertiary/aromatic N) is 1. The molecule has 27 heavy (non-hydrogen) atoms. The number of carbonyl (C=O) groups excluding carboxylic acids is 2. The van der Waals surface area contributed by atoms with E-state index >= 15 is 0 Å². The third-order valence-corrected chi connectivity index (χ3v) is 10.2. The van der Waals surface area contributed by atoms with E-state index in [4.69, 9.17) is 0 Å². The summed E-state index contributed by atoms with van der Waals surface area (Å²) in [6.07, 6.45) is 11.3. The minimum absolute atomic E-state index is 0.215. The van der Waals surface area contributed by atoms with Crippen LogP contribution in [-0.4, -0.2) is 29.7 Å². The minimum atomic E-state index is 0.215. The third-order valence-electron chi connectivity index (χ3n) is 10.2. The predicted octanol–water partition coefficient (Wildman–Crippen LogP) is 5.08. The zero-order valence-corrected chi connectivity index (χ0v) is 18.1. The second kappa shape index (κ2) is 6.59. The summed E-state index contributed by atoms with van der Waals surface area (Å²) in [6, 6.07) is 0.444. The molecule has 1 amide bonds. The van der Waals surface area contributed by atoms with E-state index < -0.39 is 0 Å². The van der Waals surface area contributed by atoms with Gasteiger partial charge in [0.05, 0.1) is 0 Å². The van der Waals surface area contributed by atoms with E-state index in [1.807, 2.05) is 18.9 Å². The zero-order chi connectivity index (χ0) is 19.6. The maximum atomic E-state index is 12.3. The Bertz CT molecular complexity index is 630. The Balaban J connectivity index is 1.54. The van der Waals surface area contributed by atoms with Crippen molar-refractivity contribution in [2.24, 2.45) is 40.4 Å². The smallest absolute Gasteiger partial charge is 0.219 e. The molecule has 0 aromatic heterocycles. The van der Waals surface area contributed by atoms with Crippen molar-refractivity contribution in [2.75, 3.05) is 7.05 Å². The first-order chi connectivity index (χ1) is 12.7. The van der Waals surface area contributed by atoms with Crippen LogP contribution in [0.5, 0.6) is 0 Å². The minimum Gasteiger partial charge on any atom is -0.343 e. The lowest BCUT2D eigenvalue weighted by Crippen LogP contribution is -2.55. The van der Waals surface area contributed by atoms with E-state index in [1.54, 1.807) is 6.92 Å². The summed E-state index contributed by atoms with van der Waals surface area (Å²) >= 11 is 0. The molecule has 0 radical (unpaired) electrons. The summed E-state index contributed by atoms with van der Waals surface area (Å²) in [5, 5.41) is 0. The van der Waals surface area contributed by atoms with Gasteiger partial charge in [-0.15, -0.1) is 0 Å². The van der Waals surface area contributed by atoms with Crippen LogP contribution in [0.25, 0.3) is 0 Å². The van der Waals surface area contributed by atoms with Crippen molar-refractivity contribution in [3.63, 3.8) is 0 Å². The van der Waals surface area contributed by atoms with E-state index in [1.165, 1.54) is 51.4 Å². The summed E-state index contributed by atoms with van der Waals surface area (Å²) in [7, 11) is 1.99. The van der Waals surface area contributed by atoms with Crippen LogP contribution in [0.2, 0.25) is 0 Å². The van der Waals surface area contributed by atoms with Gasteiger partial charge in [0, 0.05) is 25.9 Å². The number of amides is 1. The van der Waals surface area contributed by atoms with E-state index in [2.05, 4.69) is 13.8 Å². The second-order valence-electron chi connectivity index (χ2n) is 11.0. The average molecular weight is 374 g/mol. The number of hydrogen-bond acceptors (Lipinski definition) is 2. The SMILES string of the molecule is CC(=O)[C@H]1CC[C@H]2[C@@H]3CC[C@H]4C[C@H](N(C)C(C)=O)CC[C@@]4(C)[C@@H]3CC[C@]12C. The first-order valence-corrected chi connectivity index (χ1v) is 11.4. The monoisotopic (exact) mass is 373 g/mol. The molecule has 0 N–H and O–H groups in total. The van der Waals surface area contributed by atoms with Gasteiger partial charge in [-0.2, -0.15) is 0 Å². The fraction of sp³-hybridized carbons (Fsp3) is 0.917. The van der Waals surface area contributed by atoms with Crippen LogP contribution < -0.4 is 0 Å². The van der Waals surface area contributed by atoms with Crippen LogP contribution in [0, 0.1) is 40.4 Å². The molecule has 0 aromatic rings. The van der Waals surface area contributed by atoms with Gasteiger partial charge in [-0.1, -0.05) is 13.8 Å². The summed E-state index contributed by atoms with van der Waals surface area (Å²) < 4.78 is 0. The highest BCUT2D eigenvalue weighted by atomic mass is 16.2. The Morgan fingerprint density at radius 1 is 0.852 bits per heavy atom. The van der Waals surface area contributed by atoms with Gasteiger partial charge in [0.15, 0.2) is 0 Å². The van der Waals surface area contributed by atoms with Gasteiger partial charge in [0.2, 0.25) is 5.91 Å². The van der Waals surface area contributed by atoms with Crippen molar-refractivity contribution in [2.45, 2.75) is 91.5 Å². The molecule has 0 aliphatic heterocycles. The molecule has 152 valence electrons. The van der Waals surface area contributed by atoms with E-state index in [9.17, 15) is 9.59 Å². The zero-order valence-electron chi connectivity index (χ0n) is 18.1. The lowest BCUT2D eigenvalue weighted by molar-refractivity contribution is -0.142. The number of Topliss-reactive ketones (excluding diaryl/α,β-unsaturated/α-hetero) is 1. The highest BCUT2D eigenvalue weighted by Gasteiger charge is 2.60. The van der Waals surface area contributed by atoms with E-state index in [-0.39, 0.29) is 11.3 Å². The maximum absolute atomic E-state index is 12.3. The quantitative estimate of drug-likeness (QED) is 0.677. The number of ketones is 1. The molecule has 3 heteroatoms. The highest BCUT2D eigenvalue weighted by molar-refractivity contribution is 5.79. The summed E-state index contributed by atoms with van der Waals surface area (Å²) in [4.78, 5) is 26.1. The topological polar surface area (TPSA) is 37.4 Å². The molecule has 8 atom stereocenters. The summed E-state index contributed by atoms with van der Waals surface area (Å²) in [6.45, 7) is 8.56. The van der Waals surface area contributed by atoms with Crippen LogP contribution >= 0.6 is 0 Å². The molecule has 0 spiro atoms. The van der Waals surface area contributed by atoms with Gasteiger partial charge in [-0.3, -0.25) is 9.59 Å². The van der Waals surface area contributed by atoms with Crippen molar-refractivity contribution in [1.29, 1.82) is 0 Å². The van der Waals surface area contributed by atoms with E-state index in [0.29, 0.717) is 23.2 Å². The van der Waals surface area contributed by atoms with Crippen molar-refractivity contribution in [3.8, 4) is 0 Å². The molecule has 4 saturated carbocycles. The van der Waals surface area contributed by atoms with Gasteiger partial charge >= 0.3 is 0 Å². The molecule has 0 heterocycles. The normalized spacial score (nSPS) is 48.9. The van der Waals surface area contributed by atoms with Gasteiger partial charge in [0.1, 0.15) is 5.78 Å². The second-order valence-corrected chi connectivity index (χ2v) is 11.0. The molecule has 0 bridgehead atoms. The first-order valence-electron chi connectivity index (χ1n) is 11.4. The van der Waals surface area contributed by atoms with Gasteiger partial charge in [-0.25, -0.2) is 0 Å². The Morgan fingerprint density at radius 3 is 2.19 bits per heavy atom. The van der Waals surface area contributed by atoms with E-state index in [0.717, 1.165) is 30.1 Å². The van der Waals surface area contributed by atoms with Gasteiger partial charge in [-0.05, 0) is 99.2 Å². The molecular formula is C24H39NO2. The average Bonchev–Trinajstić information content (AvgIpc) is 2.97. The standard InChI is InChI=1S/C24H39NO2/c1-15(26)20-8-9-21-19-7-6-17-14-18(25(5)16(2)27)10-12-23(17,3)22(19)11-13-24(20,21)4/h17-22H,6-14H2,1-5H3/t17-,18+,19-,20+,21-,22+,23+,24+/m0/s1. The number of carbonyl (C=O) groups is 2. The van der Waals surface area contributed by atoms with Gasteiger partial charge in [0.25, 0.3) is 0 Å². The highest BCUT2D eigenvalue weighted by Crippen LogP contribution is 2.67. The fourth-order valence-electron chi connectivity index (χ4n) is 8.51. The third kappa shape index (κ3) is 2.82. The van der Waals surface area contributed by atoms with Crippen molar-refractivity contribution in [1.82, 2.24) is 4.90 Å². The largest absolute Gasteiger partial charge is 0.343 e. The number of hydrogen-bond donors (Lipinski definition) is 0. The molecule has 4 aliphatic rings. The first kappa shape index (κ1) is 19.5. The molecular weight excluding hydrogens is 334 g/mol. The van der Waals surface area contributed by atoms with Crippen molar-refractivity contribution >= 4 is 11.7 Å². The van der Waals surface area contributed by atoms with Crippen LogP contribution in [0.15, 0.2) is 0 Å². The van der Waals surface area contributed by atoms with Crippen LogP contribution in [0.1, 0.15) is 85.5 Å². The molecule has 0 saturated heterocycles. The van der Waals surface area contributed by atoms with Crippen molar-refractivity contribution in [3.05, 3.63) is 0 Å². The Morgan fingerprint density at radius 2 is 1.52 bits per heavy atom. The molecule has 4 rings (SSSR count). The van der Waals surface area contributed by atoms with Gasteiger partial charge < -0.3 is 4.90 Å². The number of fused-ring (bicyclic) bond motifs is 5. The Labute approximate surface area is 165 Å². The summed E-state index contributed by atoms with van der Waals surface area (Å²) in [5.41, 5.74) is 0.717. The molecule has 0 unspecified atom stereocenters. The fourth-order valence-corrected chi connectivity index (χ4v) is 8.51. The molecule has 4 fully saturated rings. The van der Waals surface area contributed by atoms with Crippen LogP contribution in [0.4, 0.5) is 0 Å². The van der Waals surface area contributed by atoms with Crippen LogP contribution in [0.3, 0.4) is 0 Å². The molecule has 3 nitrogen and oxygen atoms in total. The predicted molar refractivity (Wildman–Crippen MR) is 108 cm³/mol. The Kier molecular flexibility index (Phi) is 4.75. The lowest BCUT2D eigenvalue weighted by atomic mass is 9.44. The van der Waals surface area contributed by atoms with Crippen LogP contribution in [-0.2, 0) is 9.59 Å². The Hall–Kier alpha value is -0.860. The number of rotatable bonds is 2. The maximum Gasteiger partial charge on any atom is 0.219 e. The molecule has 4 aliphatic carbocycles. The molecule has 0 aromatic carbocycles. The lowest BCUT2D eigenvalue weighted by Gasteiger charge is -2.61.